The summed E-state index contributed by atoms with van der Waals surface area (Å²) in [7, 11) is 1.53. The molecule has 3 aliphatic rings. The van der Waals surface area contributed by atoms with E-state index in [0.29, 0.717) is 23.3 Å². The van der Waals surface area contributed by atoms with E-state index in [1.807, 2.05) is 12.1 Å². The number of methoxy groups -OCH3 is 1. The third-order valence-electron chi connectivity index (χ3n) is 9.26. The fourth-order valence-electron chi connectivity index (χ4n) is 6.79. The average Bonchev–Trinajstić information content (AvgIpc) is 3.55. The van der Waals surface area contributed by atoms with Gasteiger partial charge in [0.25, 0.3) is 5.92 Å². The van der Waals surface area contributed by atoms with Gasteiger partial charge in [0.15, 0.2) is 11.6 Å². The molecule has 2 atom stereocenters. The normalized spacial score (nSPS) is 23.6. The van der Waals surface area contributed by atoms with E-state index < -0.39 is 29.5 Å². The zero-order chi connectivity index (χ0) is 29.2. The van der Waals surface area contributed by atoms with Crippen molar-refractivity contribution < 1.29 is 31.8 Å². The minimum absolute atomic E-state index is 0.0161. The maximum atomic E-state index is 15.8. The number of alkyl halides is 2. The summed E-state index contributed by atoms with van der Waals surface area (Å²) in [6, 6.07) is 12.7. The molecule has 0 unspecified atom stereocenters. The summed E-state index contributed by atoms with van der Waals surface area (Å²) in [5.41, 5.74) is 2.37. The van der Waals surface area contributed by atoms with E-state index in [9.17, 15) is 13.6 Å². The number of carbonyl (C=O) groups is 1. The lowest BCUT2D eigenvalue weighted by Crippen LogP contribution is -2.30. The molecule has 3 aromatic rings. The van der Waals surface area contributed by atoms with Crippen LogP contribution in [0.2, 0.25) is 0 Å². The van der Waals surface area contributed by atoms with Gasteiger partial charge in [-0.1, -0.05) is 32.1 Å². The lowest BCUT2D eigenvalue weighted by Gasteiger charge is -2.33. The molecular weight excluding hydrogens is 532 g/mol. The molecule has 0 aliphatic heterocycles. The van der Waals surface area contributed by atoms with Crippen molar-refractivity contribution in [3.05, 3.63) is 88.5 Å². The van der Waals surface area contributed by atoms with Crippen molar-refractivity contribution >= 4 is 11.9 Å². The highest BCUT2D eigenvalue weighted by Crippen LogP contribution is 2.64. The summed E-state index contributed by atoms with van der Waals surface area (Å²) in [6.45, 7) is 4.29. The molecule has 0 heterocycles. The Hall–Kier alpha value is -3.61. The van der Waals surface area contributed by atoms with Crippen molar-refractivity contribution in [2.75, 3.05) is 7.11 Å². The van der Waals surface area contributed by atoms with Gasteiger partial charge in [-0.3, -0.25) is 0 Å². The van der Waals surface area contributed by atoms with Crippen molar-refractivity contribution in [2.24, 2.45) is 11.3 Å². The second kappa shape index (κ2) is 9.74. The first-order valence-electron chi connectivity index (χ1n) is 14.0. The predicted octanol–water partition coefficient (Wildman–Crippen LogP) is 8.77. The highest BCUT2D eigenvalue weighted by atomic mass is 19.3. The molecule has 0 radical (unpaired) electrons. The zero-order valence-corrected chi connectivity index (χ0v) is 23.3. The number of ether oxygens (including phenoxy) is 2. The van der Waals surface area contributed by atoms with Gasteiger partial charge in [-0.25, -0.2) is 17.6 Å². The first-order chi connectivity index (χ1) is 19.5. The third kappa shape index (κ3) is 4.54. The van der Waals surface area contributed by atoms with Gasteiger partial charge in [-0.2, -0.15) is 0 Å². The summed E-state index contributed by atoms with van der Waals surface area (Å²) in [6.07, 6.45) is 4.80. The molecule has 0 aromatic heterocycles. The first kappa shape index (κ1) is 27.6. The summed E-state index contributed by atoms with van der Waals surface area (Å²) in [5, 5.41) is 0. The molecule has 1 spiro atoms. The van der Waals surface area contributed by atoms with E-state index in [0.717, 1.165) is 35.8 Å². The highest BCUT2D eigenvalue weighted by molar-refractivity contribution is 5.85. The van der Waals surface area contributed by atoms with E-state index in [2.05, 4.69) is 19.9 Å². The lowest BCUT2D eigenvalue weighted by atomic mass is 9.76. The molecule has 1 fully saturated rings. The number of allylic oxidation sites excluding steroid dienone is 2. The summed E-state index contributed by atoms with van der Waals surface area (Å²) < 4.78 is 71.6. The molecule has 7 heteroatoms. The van der Waals surface area contributed by atoms with Crippen LogP contribution in [0.15, 0.2) is 54.6 Å². The maximum absolute atomic E-state index is 15.8. The minimum atomic E-state index is -3.15. The Bertz CT molecular complexity index is 1570. The van der Waals surface area contributed by atoms with Crippen molar-refractivity contribution in [1.82, 2.24) is 0 Å². The fraction of sp³-hybridized carbons (Fsp3) is 0.382. The Labute approximate surface area is 237 Å². The Balaban J connectivity index is 1.36. The first-order valence-corrected chi connectivity index (χ1v) is 14.0. The second-order valence-corrected chi connectivity index (χ2v) is 12.2. The molecule has 3 aliphatic carbocycles. The number of hydrogen-bond donors (Lipinski definition) is 0. The van der Waals surface area contributed by atoms with E-state index in [1.54, 1.807) is 18.2 Å². The number of carbonyl (C=O) groups excluding carboxylic acids is 1. The highest BCUT2D eigenvalue weighted by Gasteiger charge is 2.62. The van der Waals surface area contributed by atoms with Gasteiger partial charge in [0.2, 0.25) is 0 Å². The van der Waals surface area contributed by atoms with E-state index in [-0.39, 0.29) is 41.1 Å². The lowest BCUT2D eigenvalue weighted by molar-refractivity contribution is -0.109. The second-order valence-electron chi connectivity index (χ2n) is 12.2. The van der Waals surface area contributed by atoms with Crippen molar-refractivity contribution in [2.45, 2.75) is 63.9 Å². The summed E-state index contributed by atoms with van der Waals surface area (Å²) >= 11 is 0. The van der Waals surface area contributed by atoms with Gasteiger partial charge in [0.05, 0.1) is 7.11 Å². The summed E-state index contributed by atoms with van der Waals surface area (Å²) in [4.78, 5) is 11.5. The van der Waals surface area contributed by atoms with Crippen molar-refractivity contribution in [1.29, 1.82) is 0 Å². The van der Waals surface area contributed by atoms with Crippen LogP contribution in [0, 0.1) is 23.0 Å². The van der Waals surface area contributed by atoms with Crippen LogP contribution in [0.4, 0.5) is 17.6 Å². The predicted molar refractivity (Wildman–Crippen MR) is 149 cm³/mol. The van der Waals surface area contributed by atoms with Gasteiger partial charge in [-0.05, 0) is 89.8 Å². The van der Waals surface area contributed by atoms with Gasteiger partial charge in [-0.15, -0.1) is 0 Å². The van der Waals surface area contributed by atoms with Gasteiger partial charge in [0, 0.05) is 34.4 Å². The van der Waals surface area contributed by atoms with Gasteiger partial charge in [0.1, 0.15) is 24.5 Å². The van der Waals surface area contributed by atoms with Crippen LogP contribution in [0.5, 0.6) is 11.5 Å². The molecule has 0 amide bonds. The molecule has 1 saturated carbocycles. The van der Waals surface area contributed by atoms with Crippen LogP contribution >= 0.6 is 0 Å². The number of benzene rings is 3. The number of rotatable bonds is 7. The molecule has 41 heavy (non-hydrogen) atoms. The fourth-order valence-corrected chi connectivity index (χ4v) is 6.79. The Morgan fingerprint density at radius 3 is 2.44 bits per heavy atom. The zero-order valence-electron chi connectivity index (χ0n) is 23.3. The van der Waals surface area contributed by atoms with Crippen LogP contribution in [-0.2, 0) is 22.7 Å². The molecule has 0 saturated heterocycles. The van der Waals surface area contributed by atoms with Crippen molar-refractivity contribution in [3.63, 3.8) is 0 Å². The van der Waals surface area contributed by atoms with Crippen LogP contribution in [0.3, 0.4) is 0 Å². The quantitative estimate of drug-likeness (QED) is 0.213. The van der Waals surface area contributed by atoms with E-state index in [4.69, 9.17) is 9.47 Å². The van der Waals surface area contributed by atoms with Crippen LogP contribution < -0.4 is 9.47 Å². The molecule has 3 nitrogen and oxygen atoms in total. The topological polar surface area (TPSA) is 35.5 Å². The Kier molecular flexibility index (Phi) is 6.55. The number of halogens is 4. The molecule has 0 bridgehead atoms. The number of hydrogen-bond acceptors (Lipinski definition) is 3. The molecular formula is C34H32F4O3. The molecule has 6 rings (SSSR count). The molecule has 3 aromatic carbocycles. The smallest absolute Gasteiger partial charge is 0.273 e. The van der Waals surface area contributed by atoms with E-state index in [1.165, 1.54) is 25.3 Å². The number of aldehydes is 1. The summed E-state index contributed by atoms with van der Waals surface area (Å²) in [5.74, 6) is -4.39. The monoisotopic (exact) mass is 564 g/mol. The SMILES string of the molecule is COc1ccc(F)c(-c2ccc(COc3ccc4c(c3F)[C@]3(CCC4(F)F)C[C@@H]3C=O)cc2C2=CCCC2(C)C)c1. The van der Waals surface area contributed by atoms with Gasteiger partial charge < -0.3 is 14.3 Å². The van der Waals surface area contributed by atoms with Crippen LogP contribution in [0.25, 0.3) is 16.7 Å². The molecule has 0 N–H and O–H groups in total. The van der Waals surface area contributed by atoms with Crippen LogP contribution in [-0.4, -0.2) is 13.4 Å². The Morgan fingerprint density at radius 1 is 0.951 bits per heavy atom. The maximum Gasteiger partial charge on any atom is 0.273 e. The third-order valence-corrected chi connectivity index (χ3v) is 9.26. The van der Waals surface area contributed by atoms with E-state index >= 15 is 8.78 Å². The minimum Gasteiger partial charge on any atom is -0.497 e. The largest absolute Gasteiger partial charge is 0.497 e. The Morgan fingerprint density at radius 2 is 1.76 bits per heavy atom. The average molecular weight is 565 g/mol. The van der Waals surface area contributed by atoms with Crippen LogP contribution in [0.1, 0.15) is 68.2 Å². The number of fused-ring (bicyclic) bond motifs is 2. The van der Waals surface area contributed by atoms with Gasteiger partial charge >= 0.3 is 0 Å². The standard InChI is InChI=1S/C34H32F4O3/c1-32(2)12-4-5-26(32)24-15-20(6-8-23(24)25-16-22(40-3)7-10-28(25)35)19-41-29-11-9-27-30(31(29)36)33(17-21(33)18-39)13-14-34(27,37)38/h5-11,15-16,18,21H,4,12-14,17,19H2,1-3H3/t21-,33-/m1/s1. The molecule has 214 valence electrons. The van der Waals surface area contributed by atoms with Crippen molar-refractivity contribution in [3.8, 4) is 22.6 Å².